The third-order valence-electron chi connectivity index (χ3n) is 8.69. The molecule has 9 heteroatoms. The molecule has 0 radical (unpaired) electrons. The third kappa shape index (κ3) is 6.95. The Morgan fingerprint density at radius 3 is 2.58 bits per heavy atom. The molecule has 1 fully saturated rings. The number of hydrogen-bond acceptors (Lipinski definition) is 6. The van der Waals surface area contributed by atoms with Crippen molar-refractivity contribution in [3.8, 4) is 39.8 Å². The fourth-order valence-electron chi connectivity index (χ4n) is 6.34. The number of piperidine rings is 1. The van der Waals surface area contributed by atoms with Gasteiger partial charge in [-0.05, 0) is 84.2 Å². The first-order chi connectivity index (χ1) is 21.9. The highest BCUT2D eigenvalue weighted by atomic mass is 35.5. The number of rotatable bonds is 10. The molecule has 6 nitrogen and oxygen atoms in total. The summed E-state index contributed by atoms with van der Waals surface area (Å²) >= 11 is 13.6. The first-order valence-electron chi connectivity index (χ1n) is 15.4. The molecular weight excluding hydrogens is 610 g/mol. The highest BCUT2D eigenvalue weighted by molar-refractivity contribution is 6.35. The number of aromatic nitrogens is 1. The number of nitriles is 1. The van der Waals surface area contributed by atoms with E-state index in [-0.39, 0.29) is 12.6 Å². The molecule has 6 rings (SSSR count). The van der Waals surface area contributed by atoms with Crippen LogP contribution in [0.4, 0.5) is 4.39 Å². The lowest BCUT2D eigenvalue weighted by Gasteiger charge is -2.28. The summed E-state index contributed by atoms with van der Waals surface area (Å²) in [6.07, 6.45) is 6.08. The predicted octanol–water partition coefficient (Wildman–Crippen LogP) is 8.32. The Balaban J connectivity index is 1.19. The van der Waals surface area contributed by atoms with Gasteiger partial charge in [0.05, 0.1) is 22.2 Å². The van der Waals surface area contributed by atoms with E-state index in [4.69, 9.17) is 38.4 Å². The van der Waals surface area contributed by atoms with Crippen molar-refractivity contribution in [2.75, 3.05) is 26.2 Å². The number of fused-ring (bicyclic) bond motifs is 1. The summed E-state index contributed by atoms with van der Waals surface area (Å²) in [5, 5.41) is 10.4. The third-order valence-corrected chi connectivity index (χ3v) is 9.37. The maximum Gasteiger partial charge on any atom is 0.139 e. The zero-order valence-electron chi connectivity index (χ0n) is 24.9. The fourth-order valence-corrected chi connectivity index (χ4v) is 6.85. The molecule has 0 unspecified atom stereocenters. The Labute approximate surface area is 273 Å². The lowest BCUT2D eigenvalue weighted by molar-refractivity contribution is 0.143. The second-order valence-corrected chi connectivity index (χ2v) is 12.4. The van der Waals surface area contributed by atoms with Gasteiger partial charge < -0.3 is 20.1 Å². The van der Waals surface area contributed by atoms with Crippen LogP contribution in [0, 0.1) is 11.3 Å². The van der Waals surface area contributed by atoms with Crippen LogP contribution in [0.5, 0.6) is 11.5 Å². The number of ether oxygens (including phenoxy) is 2. The molecule has 2 heterocycles. The van der Waals surface area contributed by atoms with E-state index < -0.39 is 6.17 Å². The lowest BCUT2D eigenvalue weighted by atomic mass is 9.96. The average Bonchev–Trinajstić information content (AvgIpc) is 3.48. The van der Waals surface area contributed by atoms with Gasteiger partial charge in [0.1, 0.15) is 29.8 Å². The molecule has 232 valence electrons. The van der Waals surface area contributed by atoms with Crippen LogP contribution in [-0.2, 0) is 13.0 Å². The smallest absolute Gasteiger partial charge is 0.139 e. The summed E-state index contributed by atoms with van der Waals surface area (Å²) in [7, 11) is 0. The van der Waals surface area contributed by atoms with Crippen molar-refractivity contribution in [2.24, 2.45) is 5.73 Å². The van der Waals surface area contributed by atoms with Gasteiger partial charge in [-0.2, -0.15) is 5.26 Å². The Bertz CT molecular complexity index is 1720. The summed E-state index contributed by atoms with van der Waals surface area (Å²) in [4.78, 5) is 6.52. The summed E-state index contributed by atoms with van der Waals surface area (Å²) in [5.74, 6) is 1.21. The topological polar surface area (TPSA) is 84.4 Å². The molecular formula is C36H35Cl2FN4O2. The number of halogens is 3. The lowest BCUT2D eigenvalue weighted by Crippen LogP contribution is -2.35. The quantitative estimate of drug-likeness (QED) is 0.175. The number of likely N-dealkylation sites (tertiary alicyclic amines) is 1. The van der Waals surface area contributed by atoms with Crippen molar-refractivity contribution >= 4 is 23.2 Å². The largest absolute Gasteiger partial charge is 0.492 e. The molecule has 1 aliphatic carbocycles. The maximum atomic E-state index is 13.4. The molecule has 45 heavy (non-hydrogen) atoms. The fraction of sp³-hybridized carbons (Fsp3) is 0.333. The summed E-state index contributed by atoms with van der Waals surface area (Å²) in [6.45, 7) is 3.33. The highest BCUT2D eigenvalue weighted by Gasteiger charge is 2.28. The molecule has 1 saturated heterocycles. The summed E-state index contributed by atoms with van der Waals surface area (Å²) in [6, 6.07) is 19.8. The van der Waals surface area contributed by atoms with Gasteiger partial charge in [-0.15, -0.1) is 0 Å². The molecule has 3 aromatic carbocycles. The molecule has 1 aliphatic heterocycles. The molecule has 1 aromatic heterocycles. The van der Waals surface area contributed by atoms with Crippen molar-refractivity contribution < 1.29 is 13.9 Å². The van der Waals surface area contributed by atoms with Crippen LogP contribution in [-0.4, -0.2) is 42.3 Å². The van der Waals surface area contributed by atoms with Crippen molar-refractivity contribution in [1.29, 1.82) is 5.26 Å². The van der Waals surface area contributed by atoms with Crippen molar-refractivity contribution in [3.63, 3.8) is 0 Å². The number of pyridine rings is 1. The van der Waals surface area contributed by atoms with E-state index in [1.54, 1.807) is 12.3 Å². The zero-order chi connectivity index (χ0) is 31.3. The number of nitrogens with zero attached hydrogens (tertiary/aromatic N) is 3. The Kier molecular flexibility index (Phi) is 9.87. The first kappa shape index (κ1) is 31.3. The normalized spacial score (nSPS) is 16.7. The molecule has 2 N–H and O–H groups in total. The van der Waals surface area contributed by atoms with Gasteiger partial charge in [-0.25, -0.2) is 4.39 Å². The molecule has 0 saturated carbocycles. The SMILES string of the molecule is N#Cc1cncc(-c2cc(O[C@H]3CCc4c(-c5cccc(OCCCN6CCC(F)CC6)c5Cl)cccc43)c(Cl)cc2CN)c1. The van der Waals surface area contributed by atoms with Crippen LogP contribution < -0.4 is 15.2 Å². The van der Waals surface area contributed by atoms with Gasteiger partial charge in [0.2, 0.25) is 0 Å². The van der Waals surface area contributed by atoms with Crippen LogP contribution >= 0.6 is 23.2 Å². The Morgan fingerprint density at radius 1 is 0.978 bits per heavy atom. The second kappa shape index (κ2) is 14.2. The molecule has 1 atom stereocenters. The van der Waals surface area contributed by atoms with E-state index in [0.29, 0.717) is 46.6 Å². The zero-order valence-corrected chi connectivity index (χ0v) is 26.5. The molecule has 0 spiro atoms. The van der Waals surface area contributed by atoms with Crippen LogP contribution in [0.2, 0.25) is 10.0 Å². The maximum absolute atomic E-state index is 13.4. The average molecular weight is 646 g/mol. The van der Waals surface area contributed by atoms with Gasteiger partial charge in [0, 0.05) is 49.7 Å². The number of benzene rings is 3. The van der Waals surface area contributed by atoms with E-state index in [1.807, 2.05) is 36.4 Å². The molecule has 4 aromatic rings. The Morgan fingerprint density at radius 2 is 1.78 bits per heavy atom. The van der Waals surface area contributed by atoms with E-state index in [0.717, 1.165) is 72.3 Å². The highest BCUT2D eigenvalue weighted by Crippen LogP contribution is 2.45. The van der Waals surface area contributed by atoms with Crippen LogP contribution in [0.1, 0.15) is 54.0 Å². The van der Waals surface area contributed by atoms with E-state index in [9.17, 15) is 9.65 Å². The Hall–Kier alpha value is -3.67. The van der Waals surface area contributed by atoms with Gasteiger partial charge in [0.15, 0.2) is 0 Å². The number of alkyl halides is 1. The minimum Gasteiger partial charge on any atom is -0.492 e. The minimum atomic E-state index is -0.661. The van der Waals surface area contributed by atoms with E-state index >= 15 is 0 Å². The van der Waals surface area contributed by atoms with Crippen molar-refractivity contribution in [1.82, 2.24) is 9.88 Å². The van der Waals surface area contributed by atoms with Gasteiger partial charge >= 0.3 is 0 Å². The van der Waals surface area contributed by atoms with E-state index in [1.165, 1.54) is 11.8 Å². The van der Waals surface area contributed by atoms with Gasteiger partial charge in [0.25, 0.3) is 0 Å². The molecule has 0 bridgehead atoms. The van der Waals surface area contributed by atoms with Gasteiger partial charge in [-0.3, -0.25) is 4.98 Å². The monoisotopic (exact) mass is 644 g/mol. The summed E-state index contributed by atoms with van der Waals surface area (Å²) < 4.78 is 26.1. The predicted molar refractivity (Wildman–Crippen MR) is 177 cm³/mol. The van der Waals surface area contributed by atoms with Crippen LogP contribution in [0.25, 0.3) is 22.3 Å². The number of hydrogen-bond donors (Lipinski definition) is 1. The molecule has 2 aliphatic rings. The molecule has 0 amide bonds. The van der Waals surface area contributed by atoms with Crippen molar-refractivity contribution in [3.05, 3.63) is 99.3 Å². The first-order valence-corrected chi connectivity index (χ1v) is 16.1. The standard InChI is InChI=1S/C36H35Cl2FN4O2/c37-32-17-24(20-41)31(25-16-23(19-40)21-42-22-25)18-35(32)45-33-9-8-28-27(4-1-5-29(28)33)30-6-2-7-34(36(30)38)44-15-3-12-43-13-10-26(39)11-14-43/h1-2,4-7,16-18,21-22,26,33H,3,8-15,20,41H2/t33-/m0/s1. The van der Waals surface area contributed by atoms with E-state index in [2.05, 4.69) is 28.1 Å². The minimum absolute atomic E-state index is 0.196. The van der Waals surface area contributed by atoms with Crippen LogP contribution in [0.15, 0.2) is 67.0 Å². The van der Waals surface area contributed by atoms with Crippen LogP contribution in [0.3, 0.4) is 0 Å². The number of nitrogens with two attached hydrogens (primary N) is 1. The van der Waals surface area contributed by atoms with Gasteiger partial charge in [-0.1, -0.05) is 53.5 Å². The second-order valence-electron chi connectivity index (χ2n) is 11.6. The summed E-state index contributed by atoms with van der Waals surface area (Å²) in [5.41, 5.74) is 13.3. The van der Waals surface area contributed by atoms with Crippen molar-refractivity contribution in [2.45, 2.75) is 50.9 Å².